The van der Waals surface area contributed by atoms with Crippen LogP contribution in [0.25, 0.3) is 0 Å². The van der Waals surface area contributed by atoms with Crippen LogP contribution in [-0.4, -0.2) is 29.3 Å². The summed E-state index contributed by atoms with van der Waals surface area (Å²) in [5.41, 5.74) is 0.212. The molecule has 0 radical (unpaired) electrons. The summed E-state index contributed by atoms with van der Waals surface area (Å²) in [5, 5.41) is 4.55. The summed E-state index contributed by atoms with van der Waals surface area (Å²) in [6.07, 6.45) is 1.32. The van der Waals surface area contributed by atoms with E-state index in [4.69, 9.17) is 0 Å². The Balaban J connectivity index is 1.70. The van der Waals surface area contributed by atoms with Gasteiger partial charge in [0.15, 0.2) is 0 Å². The Kier molecular flexibility index (Phi) is 5.13. The summed E-state index contributed by atoms with van der Waals surface area (Å²) in [7, 11) is 0. The maximum atomic E-state index is 13.9. The highest BCUT2D eigenvalue weighted by molar-refractivity contribution is 7.12. The molecule has 1 fully saturated rings. The first-order valence-electron chi connectivity index (χ1n) is 8.07. The number of hydrogen-bond donors (Lipinski definition) is 1. The van der Waals surface area contributed by atoms with Crippen LogP contribution in [0.2, 0.25) is 0 Å². The summed E-state index contributed by atoms with van der Waals surface area (Å²) < 4.78 is 26.9. The summed E-state index contributed by atoms with van der Waals surface area (Å²) >= 11 is 1.34. The molecular weight excluding hydrogens is 346 g/mol. The first-order valence-corrected chi connectivity index (χ1v) is 8.95. The Labute approximate surface area is 148 Å². The molecule has 0 spiro atoms. The van der Waals surface area contributed by atoms with Gasteiger partial charge in [0.25, 0.3) is 5.91 Å². The molecule has 4 nitrogen and oxygen atoms in total. The lowest BCUT2D eigenvalue weighted by atomic mass is 10.1. The van der Waals surface area contributed by atoms with E-state index in [0.717, 1.165) is 18.6 Å². The van der Waals surface area contributed by atoms with E-state index in [1.807, 2.05) is 5.38 Å². The van der Waals surface area contributed by atoms with E-state index in [1.54, 1.807) is 24.0 Å². The minimum atomic E-state index is -0.703. The Bertz CT molecular complexity index is 779. The van der Waals surface area contributed by atoms with Crippen molar-refractivity contribution < 1.29 is 18.4 Å². The second-order valence-electron chi connectivity index (χ2n) is 6.03. The van der Waals surface area contributed by atoms with Gasteiger partial charge in [-0.1, -0.05) is 12.1 Å². The molecule has 2 atom stereocenters. The van der Waals surface area contributed by atoms with Crippen LogP contribution in [-0.2, 0) is 4.79 Å². The van der Waals surface area contributed by atoms with Gasteiger partial charge in [-0.25, -0.2) is 8.78 Å². The Morgan fingerprint density at radius 3 is 2.80 bits per heavy atom. The monoisotopic (exact) mass is 364 g/mol. The first-order chi connectivity index (χ1) is 12.0. The van der Waals surface area contributed by atoms with Crippen molar-refractivity contribution in [1.82, 2.24) is 10.2 Å². The van der Waals surface area contributed by atoms with E-state index >= 15 is 0 Å². The quantitative estimate of drug-likeness (QED) is 0.903. The highest BCUT2D eigenvalue weighted by Gasteiger charge is 2.35. The van der Waals surface area contributed by atoms with E-state index in [0.29, 0.717) is 17.8 Å². The van der Waals surface area contributed by atoms with Crippen molar-refractivity contribution in [2.45, 2.75) is 31.8 Å². The van der Waals surface area contributed by atoms with E-state index in [-0.39, 0.29) is 17.4 Å². The molecule has 25 heavy (non-hydrogen) atoms. The molecule has 0 saturated carbocycles. The van der Waals surface area contributed by atoms with Crippen LogP contribution in [0.15, 0.2) is 35.7 Å². The van der Waals surface area contributed by atoms with E-state index < -0.39 is 23.7 Å². The third-order valence-corrected chi connectivity index (χ3v) is 5.19. The summed E-state index contributed by atoms with van der Waals surface area (Å²) in [4.78, 5) is 27.3. The van der Waals surface area contributed by atoms with Gasteiger partial charge in [-0.05, 0) is 37.3 Å². The maximum Gasteiger partial charge on any atom is 0.264 e. The van der Waals surface area contributed by atoms with Crippen molar-refractivity contribution >= 4 is 23.2 Å². The van der Waals surface area contributed by atoms with E-state index in [1.165, 1.54) is 17.4 Å². The normalized spacial score (nSPS) is 18.2. The topological polar surface area (TPSA) is 49.4 Å². The molecular formula is C18H18F2N2O2S. The minimum absolute atomic E-state index is 0.159. The lowest BCUT2D eigenvalue weighted by Crippen LogP contribution is -2.46. The van der Waals surface area contributed by atoms with E-state index in [2.05, 4.69) is 5.32 Å². The number of carbonyl (C=O) groups excluding carboxylic acids is 2. The van der Waals surface area contributed by atoms with Gasteiger partial charge in [-0.3, -0.25) is 9.59 Å². The second-order valence-corrected chi connectivity index (χ2v) is 6.98. The third-order valence-electron chi connectivity index (χ3n) is 4.34. The second kappa shape index (κ2) is 7.31. The minimum Gasteiger partial charge on any atom is -0.348 e. The van der Waals surface area contributed by atoms with E-state index in [9.17, 15) is 18.4 Å². The van der Waals surface area contributed by atoms with Crippen molar-refractivity contribution in [3.63, 3.8) is 0 Å². The molecule has 1 aliphatic heterocycles. The van der Waals surface area contributed by atoms with Crippen molar-refractivity contribution in [3.8, 4) is 0 Å². The van der Waals surface area contributed by atoms with Crippen LogP contribution in [0.3, 0.4) is 0 Å². The molecule has 2 heterocycles. The average Bonchev–Trinajstić information content (AvgIpc) is 3.25. The van der Waals surface area contributed by atoms with Crippen LogP contribution in [0.1, 0.15) is 41.0 Å². The van der Waals surface area contributed by atoms with Gasteiger partial charge in [0, 0.05) is 18.2 Å². The first kappa shape index (κ1) is 17.5. The molecule has 1 unspecified atom stereocenters. The van der Waals surface area contributed by atoms with Gasteiger partial charge in [-0.2, -0.15) is 0 Å². The number of likely N-dealkylation sites (tertiary alicyclic amines) is 1. The Morgan fingerprint density at radius 1 is 1.32 bits per heavy atom. The number of amides is 2. The fourth-order valence-electron chi connectivity index (χ4n) is 3.06. The highest BCUT2D eigenvalue weighted by Crippen LogP contribution is 2.24. The van der Waals surface area contributed by atoms with Crippen LogP contribution in [0.4, 0.5) is 8.78 Å². The standard InChI is InChI=1S/C18H18F2N2O2S/c1-11(13-7-6-12(19)10-14(13)20)21-17(23)15-4-2-8-22(15)18(24)16-5-3-9-25-16/h3,5-7,9-11,15H,2,4,8H2,1H3,(H,21,23)/t11?,15-/m0/s1. The smallest absolute Gasteiger partial charge is 0.264 e. The Hall–Kier alpha value is -2.28. The third kappa shape index (κ3) is 3.71. The van der Waals surface area contributed by atoms with Crippen molar-refractivity contribution in [1.29, 1.82) is 0 Å². The molecule has 3 rings (SSSR count). The molecule has 0 aliphatic carbocycles. The van der Waals surface area contributed by atoms with Crippen molar-refractivity contribution in [2.75, 3.05) is 6.54 Å². The number of halogens is 2. The summed E-state index contributed by atoms with van der Waals surface area (Å²) in [6, 6.07) is 5.61. The fourth-order valence-corrected chi connectivity index (χ4v) is 3.74. The van der Waals surface area contributed by atoms with Gasteiger partial charge < -0.3 is 10.2 Å². The molecule has 1 aromatic carbocycles. The van der Waals surface area contributed by atoms with Crippen LogP contribution in [0.5, 0.6) is 0 Å². The largest absolute Gasteiger partial charge is 0.348 e. The van der Waals surface area contributed by atoms with Crippen LogP contribution >= 0.6 is 11.3 Å². The lowest BCUT2D eigenvalue weighted by molar-refractivity contribution is -0.125. The number of benzene rings is 1. The zero-order chi connectivity index (χ0) is 18.0. The number of nitrogens with one attached hydrogen (secondary N) is 1. The van der Waals surface area contributed by atoms with Gasteiger partial charge in [-0.15, -0.1) is 11.3 Å². The average molecular weight is 364 g/mol. The zero-order valence-corrected chi connectivity index (χ0v) is 14.5. The highest BCUT2D eigenvalue weighted by atomic mass is 32.1. The number of rotatable bonds is 4. The number of thiophene rings is 1. The molecule has 7 heteroatoms. The molecule has 132 valence electrons. The van der Waals surface area contributed by atoms with Gasteiger partial charge in [0.2, 0.25) is 5.91 Å². The van der Waals surface area contributed by atoms with Gasteiger partial charge in [0.1, 0.15) is 17.7 Å². The number of carbonyl (C=O) groups is 2. The zero-order valence-electron chi connectivity index (χ0n) is 13.7. The van der Waals surface area contributed by atoms with Crippen molar-refractivity contribution in [3.05, 3.63) is 57.8 Å². The molecule has 2 amide bonds. The predicted octanol–water partition coefficient (Wildman–Crippen LogP) is 3.51. The molecule has 1 saturated heterocycles. The Morgan fingerprint density at radius 2 is 2.12 bits per heavy atom. The molecule has 0 bridgehead atoms. The van der Waals surface area contributed by atoms with Crippen molar-refractivity contribution in [2.24, 2.45) is 0 Å². The van der Waals surface area contributed by atoms with Gasteiger partial charge >= 0.3 is 0 Å². The number of nitrogens with zero attached hydrogens (tertiary/aromatic N) is 1. The lowest BCUT2D eigenvalue weighted by Gasteiger charge is -2.25. The van der Waals surface area contributed by atoms with Crippen LogP contribution in [0, 0.1) is 11.6 Å². The van der Waals surface area contributed by atoms with Gasteiger partial charge in [0.05, 0.1) is 10.9 Å². The number of hydrogen-bond acceptors (Lipinski definition) is 3. The summed E-state index contributed by atoms with van der Waals surface area (Å²) in [6.45, 7) is 2.16. The van der Waals surface area contributed by atoms with Crippen LogP contribution < -0.4 is 5.32 Å². The SMILES string of the molecule is CC(NC(=O)[C@@H]1CCCN1C(=O)c1cccs1)c1ccc(F)cc1F. The molecule has 2 aromatic rings. The fraction of sp³-hybridized carbons (Fsp3) is 0.333. The maximum absolute atomic E-state index is 13.9. The molecule has 1 aliphatic rings. The summed E-state index contributed by atoms with van der Waals surface area (Å²) in [5.74, 6) is -1.85. The molecule has 1 N–H and O–H groups in total. The molecule has 1 aromatic heterocycles. The predicted molar refractivity (Wildman–Crippen MR) is 91.3 cm³/mol.